The average Bonchev–Trinajstić information content (AvgIpc) is 2.10. The molecule has 12 heavy (non-hydrogen) atoms. The summed E-state index contributed by atoms with van der Waals surface area (Å²) in [6.45, 7) is 3.85. The Morgan fingerprint density at radius 2 is 2.08 bits per heavy atom. The Morgan fingerprint density at radius 3 is 2.75 bits per heavy atom. The first-order valence-electron chi connectivity index (χ1n) is 4.70. The fourth-order valence-corrected chi connectivity index (χ4v) is 1.20. The van der Waals surface area contributed by atoms with Gasteiger partial charge in [0.1, 0.15) is 0 Å². The van der Waals surface area contributed by atoms with Gasteiger partial charge >= 0.3 is 0 Å². The molecule has 0 aliphatic heterocycles. The van der Waals surface area contributed by atoms with Crippen molar-refractivity contribution < 1.29 is 4.74 Å². The summed E-state index contributed by atoms with van der Waals surface area (Å²) < 4.78 is 5.37. The molecule has 0 saturated heterocycles. The maximum atomic E-state index is 5.37. The van der Waals surface area contributed by atoms with E-state index in [2.05, 4.69) is 35.0 Å². The van der Waals surface area contributed by atoms with Crippen molar-refractivity contribution >= 4 is 15.9 Å². The van der Waals surface area contributed by atoms with Gasteiger partial charge in [0.05, 0.1) is 6.61 Å². The molecular weight excluding hydrogens is 216 g/mol. The van der Waals surface area contributed by atoms with E-state index < -0.39 is 0 Å². The van der Waals surface area contributed by atoms with E-state index in [-0.39, 0.29) is 0 Å². The largest absolute Gasteiger partial charge is 0.377 e. The predicted molar refractivity (Wildman–Crippen MR) is 57.9 cm³/mol. The van der Waals surface area contributed by atoms with Crippen molar-refractivity contribution in [3.8, 4) is 0 Å². The molecule has 0 bridgehead atoms. The molecule has 0 aliphatic rings. The fraction of sp³-hybridized carbons (Fsp3) is 0.800. The Labute approximate surface area is 84.3 Å². The average molecular weight is 235 g/mol. The number of rotatable bonds is 8. The number of hydrogen-bond acceptors (Lipinski definition) is 1. The highest BCUT2D eigenvalue weighted by Crippen LogP contribution is 1.94. The van der Waals surface area contributed by atoms with Gasteiger partial charge in [-0.15, -0.1) is 0 Å². The molecule has 1 nitrogen and oxygen atoms in total. The van der Waals surface area contributed by atoms with Crippen LogP contribution in [0.25, 0.3) is 0 Å². The van der Waals surface area contributed by atoms with Crippen LogP contribution in [0.3, 0.4) is 0 Å². The number of alkyl halides is 1. The molecular formula is C10H19BrO. The van der Waals surface area contributed by atoms with Gasteiger partial charge in [-0.1, -0.05) is 41.4 Å². The van der Waals surface area contributed by atoms with Crippen molar-refractivity contribution in [1.29, 1.82) is 0 Å². The Balaban J connectivity index is 2.90. The number of halogens is 1. The number of unbranched alkanes of at least 4 members (excludes halogenated alkanes) is 2. The summed E-state index contributed by atoms with van der Waals surface area (Å²) in [5.74, 6) is 0. The summed E-state index contributed by atoms with van der Waals surface area (Å²) in [5, 5.41) is 1.09. The molecule has 0 aliphatic carbocycles. The minimum atomic E-state index is 0.780. The third kappa shape index (κ3) is 10.2. The third-order valence-corrected chi connectivity index (χ3v) is 2.07. The van der Waals surface area contributed by atoms with Gasteiger partial charge in [0, 0.05) is 11.9 Å². The van der Waals surface area contributed by atoms with Gasteiger partial charge in [0.15, 0.2) is 0 Å². The third-order valence-electron chi connectivity index (χ3n) is 1.51. The van der Waals surface area contributed by atoms with Gasteiger partial charge in [-0.25, -0.2) is 0 Å². The van der Waals surface area contributed by atoms with Crippen LogP contribution in [0.15, 0.2) is 12.2 Å². The Bertz CT molecular complexity index is 102. The van der Waals surface area contributed by atoms with Crippen LogP contribution in [-0.4, -0.2) is 18.5 Å². The zero-order valence-corrected chi connectivity index (χ0v) is 9.48. The zero-order valence-electron chi connectivity index (χ0n) is 7.89. The highest BCUT2D eigenvalue weighted by atomic mass is 79.9. The summed E-state index contributed by atoms with van der Waals surface area (Å²) in [5.41, 5.74) is 0. The monoisotopic (exact) mass is 234 g/mol. The van der Waals surface area contributed by atoms with E-state index in [9.17, 15) is 0 Å². The van der Waals surface area contributed by atoms with Crippen molar-refractivity contribution in [3.63, 3.8) is 0 Å². The Morgan fingerprint density at radius 1 is 1.25 bits per heavy atom. The summed E-state index contributed by atoms with van der Waals surface area (Å²) >= 11 is 3.38. The first-order chi connectivity index (χ1) is 5.91. The van der Waals surface area contributed by atoms with Crippen molar-refractivity contribution in [2.75, 3.05) is 18.5 Å². The minimum Gasteiger partial charge on any atom is -0.377 e. The van der Waals surface area contributed by atoms with Gasteiger partial charge < -0.3 is 4.74 Å². The van der Waals surface area contributed by atoms with E-state index >= 15 is 0 Å². The molecule has 0 fully saturated rings. The maximum Gasteiger partial charge on any atom is 0.0647 e. The highest BCUT2D eigenvalue weighted by Gasteiger charge is 1.85. The number of hydrogen-bond donors (Lipinski definition) is 0. The van der Waals surface area contributed by atoms with Gasteiger partial charge in [0.2, 0.25) is 0 Å². The lowest BCUT2D eigenvalue weighted by Crippen LogP contribution is -1.94. The first-order valence-corrected chi connectivity index (χ1v) is 5.82. The second-order valence-electron chi connectivity index (χ2n) is 2.73. The second-order valence-corrected chi connectivity index (χ2v) is 3.52. The van der Waals surface area contributed by atoms with Crippen LogP contribution < -0.4 is 0 Å². The van der Waals surface area contributed by atoms with E-state index in [0.717, 1.165) is 25.0 Å². The maximum absolute atomic E-state index is 5.37. The normalized spacial score (nSPS) is 11.2. The summed E-state index contributed by atoms with van der Waals surface area (Å²) in [7, 11) is 0. The summed E-state index contributed by atoms with van der Waals surface area (Å²) in [4.78, 5) is 0. The van der Waals surface area contributed by atoms with E-state index in [1.54, 1.807) is 0 Å². The Hall–Kier alpha value is 0.180. The lowest BCUT2D eigenvalue weighted by molar-refractivity contribution is 0.159. The molecule has 0 rings (SSSR count). The standard InChI is InChI=1S/C10H19BrO/c1-2-3-4-6-9-12-10-7-5-8-11/h4,6H,2-3,5,7-10H2,1H3. The fourth-order valence-electron chi connectivity index (χ4n) is 0.803. The highest BCUT2D eigenvalue weighted by molar-refractivity contribution is 9.09. The van der Waals surface area contributed by atoms with Crippen molar-refractivity contribution in [3.05, 3.63) is 12.2 Å². The van der Waals surface area contributed by atoms with Crippen LogP contribution in [0.2, 0.25) is 0 Å². The molecule has 0 saturated carbocycles. The van der Waals surface area contributed by atoms with Gasteiger partial charge in [-0.05, 0) is 19.3 Å². The number of allylic oxidation sites excluding steroid dienone is 1. The van der Waals surface area contributed by atoms with Crippen molar-refractivity contribution in [1.82, 2.24) is 0 Å². The molecule has 0 spiro atoms. The van der Waals surface area contributed by atoms with Crippen LogP contribution in [0.4, 0.5) is 0 Å². The molecule has 2 heteroatoms. The molecule has 0 amide bonds. The summed E-state index contributed by atoms with van der Waals surface area (Å²) in [6, 6.07) is 0. The lowest BCUT2D eigenvalue weighted by atomic mass is 10.3. The van der Waals surface area contributed by atoms with E-state index in [0.29, 0.717) is 0 Å². The van der Waals surface area contributed by atoms with Crippen molar-refractivity contribution in [2.45, 2.75) is 32.6 Å². The second kappa shape index (κ2) is 11.2. The van der Waals surface area contributed by atoms with Gasteiger partial charge in [-0.2, -0.15) is 0 Å². The van der Waals surface area contributed by atoms with Crippen LogP contribution in [0, 0.1) is 0 Å². The zero-order chi connectivity index (χ0) is 9.07. The topological polar surface area (TPSA) is 9.23 Å². The molecule has 0 N–H and O–H groups in total. The molecule has 0 radical (unpaired) electrons. The molecule has 72 valence electrons. The van der Waals surface area contributed by atoms with Crippen LogP contribution in [0.1, 0.15) is 32.6 Å². The van der Waals surface area contributed by atoms with E-state index in [1.807, 2.05) is 0 Å². The van der Waals surface area contributed by atoms with Crippen LogP contribution in [0.5, 0.6) is 0 Å². The quantitative estimate of drug-likeness (QED) is 0.355. The SMILES string of the molecule is CCCC=CCOCCCCBr. The van der Waals surface area contributed by atoms with Crippen LogP contribution in [-0.2, 0) is 4.74 Å². The summed E-state index contributed by atoms with van der Waals surface area (Å²) in [6.07, 6.45) is 9.05. The molecule has 0 atom stereocenters. The molecule has 0 heterocycles. The molecule has 0 unspecified atom stereocenters. The van der Waals surface area contributed by atoms with Crippen LogP contribution >= 0.6 is 15.9 Å². The lowest BCUT2D eigenvalue weighted by Gasteiger charge is -1.98. The first kappa shape index (κ1) is 12.2. The molecule has 0 aromatic heterocycles. The van der Waals surface area contributed by atoms with Gasteiger partial charge in [-0.3, -0.25) is 0 Å². The minimum absolute atomic E-state index is 0.780. The Kier molecular flexibility index (Phi) is 11.3. The molecule has 0 aromatic rings. The smallest absolute Gasteiger partial charge is 0.0647 e. The van der Waals surface area contributed by atoms with Crippen molar-refractivity contribution in [2.24, 2.45) is 0 Å². The predicted octanol–water partition coefficient (Wildman–Crippen LogP) is 3.53. The number of ether oxygens (including phenoxy) is 1. The van der Waals surface area contributed by atoms with E-state index in [1.165, 1.54) is 19.3 Å². The van der Waals surface area contributed by atoms with Gasteiger partial charge in [0.25, 0.3) is 0 Å². The van der Waals surface area contributed by atoms with E-state index in [4.69, 9.17) is 4.74 Å². The molecule has 0 aromatic carbocycles.